The van der Waals surface area contributed by atoms with Gasteiger partial charge in [-0.05, 0) is 19.9 Å². The van der Waals surface area contributed by atoms with E-state index in [1.165, 1.54) is 0 Å². The topological polar surface area (TPSA) is 76.7 Å². The van der Waals surface area contributed by atoms with Gasteiger partial charge in [-0.1, -0.05) is 19.1 Å². The predicted octanol–water partition coefficient (Wildman–Crippen LogP) is 1.42. The molecule has 6 heteroatoms. The Morgan fingerprint density at radius 1 is 1.26 bits per heavy atom. The zero-order chi connectivity index (χ0) is 16.9. The summed E-state index contributed by atoms with van der Waals surface area (Å²) >= 11 is 0. The van der Waals surface area contributed by atoms with E-state index in [4.69, 9.17) is 9.47 Å². The van der Waals surface area contributed by atoms with Crippen molar-refractivity contribution in [3.05, 3.63) is 23.8 Å². The van der Waals surface area contributed by atoms with E-state index in [0.29, 0.717) is 25.3 Å². The lowest BCUT2D eigenvalue weighted by Crippen LogP contribution is -2.38. The van der Waals surface area contributed by atoms with Gasteiger partial charge in [-0.2, -0.15) is 0 Å². The van der Waals surface area contributed by atoms with Crippen molar-refractivity contribution in [2.75, 3.05) is 19.7 Å². The third-order valence-electron chi connectivity index (χ3n) is 3.50. The second-order valence-electron chi connectivity index (χ2n) is 6.11. The lowest BCUT2D eigenvalue weighted by atomic mass is 10.0. The normalized spacial score (nSPS) is 14.6. The molecule has 0 radical (unpaired) electrons. The molecule has 0 bridgehead atoms. The van der Waals surface area contributed by atoms with E-state index in [-0.39, 0.29) is 24.0 Å². The van der Waals surface area contributed by atoms with Gasteiger partial charge in [0.25, 0.3) is 0 Å². The molecule has 0 saturated carbocycles. The van der Waals surface area contributed by atoms with Crippen LogP contribution in [0.15, 0.2) is 18.2 Å². The monoisotopic (exact) mass is 320 g/mol. The van der Waals surface area contributed by atoms with Crippen LogP contribution < -0.4 is 20.1 Å². The van der Waals surface area contributed by atoms with Crippen molar-refractivity contribution in [3.8, 4) is 11.5 Å². The van der Waals surface area contributed by atoms with Gasteiger partial charge in [-0.3, -0.25) is 9.59 Å². The first kappa shape index (κ1) is 17.1. The van der Waals surface area contributed by atoms with E-state index < -0.39 is 0 Å². The van der Waals surface area contributed by atoms with Crippen molar-refractivity contribution >= 4 is 11.8 Å². The summed E-state index contributed by atoms with van der Waals surface area (Å²) in [5.74, 6) is 1.11. The van der Waals surface area contributed by atoms with Crippen LogP contribution in [0.2, 0.25) is 0 Å². The highest BCUT2D eigenvalue weighted by Gasteiger charge is 2.32. The molecule has 6 nitrogen and oxygen atoms in total. The third kappa shape index (κ3) is 4.87. The average molecular weight is 320 g/mol. The second-order valence-corrected chi connectivity index (χ2v) is 6.11. The maximum atomic E-state index is 11.5. The SMILES string of the molecule is CCC(=O)NCC(=O)NCCOc1cccc2c1OC(C)(C)C2. The largest absolute Gasteiger partial charge is 0.488 e. The van der Waals surface area contributed by atoms with Crippen LogP contribution in [0.25, 0.3) is 0 Å². The molecule has 126 valence electrons. The molecule has 0 aliphatic carbocycles. The molecular weight excluding hydrogens is 296 g/mol. The first-order valence-corrected chi connectivity index (χ1v) is 7.88. The lowest BCUT2D eigenvalue weighted by molar-refractivity contribution is -0.125. The Bertz CT molecular complexity index is 584. The molecule has 0 saturated heterocycles. The quantitative estimate of drug-likeness (QED) is 0.745. The molecule has 0 spiro atoms. The van der Waals surface area contributed by atoms with Gasteiger partial charge in [0.1, 0.15) is 12.2 Å². The standard InChI is InChI=1S/C17H24N2O4/c1-4-14(20)19-11-15(21)18-8-9-22-13-7-5-6-12-10-17(2,3)23-16(12)13/h5-7H,4,8-11H2,1-3H3,(H,18,21)(H,19,20). The van der Waals surface area contributed by atoms with E-state index in [2.05, 4.69) is 10.6 Å². The first-order chi connectivity index (χ1) is 10.9. The number of fused-ring (bicyclic) bond motifs is 1. The summed E-state index contributed by atoms with van der Waals surface area (Å²) in [4.78, 5) is 22.6. The van der Waals surface area contributed by atoms with E-state index >= 15 is 0 Å². The summed E-state index contributed by atoms with van der Waals surface area (Å²) in [6.45, 7) is 6.53. The van der Waals surface area contributed by atoms with Crippen LogP contribution in [-0.2, 0) is 16.0 Å². The van der Waals surface area contributed by atoms with Crippen LogP contribution in [-0.4, -0.2) is 37.1 Å². The summed E-state index contributed by atoms with van der Waals surface area (Å²) in [6, 6.07) is 5.84. The maximum absolute atomic E-state index is 11.5. The number of para-hydroxylation sites is 1. The summed E-state index contributed by atoms with van der Waals surface area (Å²) < 4.78 is 11.6. The minimum Gasteiger partial charge on any atom is -0.488 e. The molecule has 1 aliphatic rings. The fraction of sp³-hybridized carbons (Fsp3) is 0.529. The van der Waals surface area contributed by atoms with Crippen molar-refractivity contribution in [3.63, 3.8) is 0 Å². The van der Waals surface area contributed by atoms with E-state index in [0.717, 1.165) is 17.7 Å². The number of carbonyl (C=O) groups is 2. The summed E-state index contributed by atoms with van der Waals surface area (Å²) in [5, 5.41) is 5.22. The number of amides is 2. The molecular formula is C17H24N2O4. The number of carbonyl (C=O) groups excluding carboxylic acids is 2. The molecule has 1 aromatic rings. The van der Waals surface area contributed by atoms with Gasteiger partial charge >= 0.3 is 0 Å². The van der Waals surface area contributed by atoms with Crippen molar-refractivity contribution < 1.29 is 19.1 Å². The molecule has 1 aliphatic heterocycles. The highest BCUT2D eigenvalue weighted by atomic mass is 16.5. The highest BCUT2D eigenvalue weighted by Crippen LogP contribution is 2.41. The Kier molecular flexibility index (Phi) is 5.47. The summed E-state index contributed by atoms with van der Waals surface area (Å²) in [6.07, 6.45) is 1.22. The molecule has 1 aromatic carbocycles. The van der Waals surface area contributed by atoms with Crippen LogP contribution in [0.1, 0.15) is 32.8 Å². The Balaban J connectivity index is 1.75. The van der Waals surface area contributed by atoms with Crippen molar-refractivity contribution in [2.24, 2.45) is 0 Å². The van der Waals surface area contributed by atoms with Crippen LogP contribution in [0.4, 0.5) is 0 Å². The van der Waals surface area contributed by atoms with E-state index in [1.807, 2.05) is 32.0 Å². The third-order valence-corrected chi connectivity index (χ3v) is 3.50. The predicted molar refractivity (Wildman–Crippen MR) is 86.7 cm³/mol. The van der Waals surface area contributed by atoms with E-state index in [9.17, 15) is 9.59 Å². The zero-order valence-electron chi connectivity index (χ0n) is 13.9. The van der Waals surface area contributed by atoms with Crippen LogP contribution in [0.5, 0.6) is 11.5 Å². The van der Waals surface area contributed by atoms with Gasteiger partial charge in [0.15, 0.2) is 11.5 Å². The summed E-state index contributed by atoms with van der Waals surface area (Å²) in [5.41, 5.74) is 0.923. The molecule has 1 heterocycles. The highest BCUT2D eigenvalue weighted by molar-refractivity contribution is 5.84. The lowest BCUT2D eigenvalue weighted by Gasteiger charge is -2.18. The molecule has 0 atom stereocenters. The number of hydrogen-bond acceptors (Lipinski definition) is 4. The van der Waals surface area contributed by atoms with Crippen molar-refractivity contribution in [2.45, 2.75) is 39.2 Å². The number of ether oxygens (including phenoxy) is 2. The van der Waals surface area contributed by atoms with Crippen LogP contribution in [0.3, 0.4) is 0 Å². The Morgan fingerprint density at radius 2 is 2.04 bits per heavy atom. The van der Waals surface area contributed by atoms with Crippen molar-refractivity contribution in [1.82, 2.24) is 10.6 Å². The Morgan fingerprint density at radius 3 is 2.78 bits per heavy atom. The fourth-order valence-corrected chi connectivity index (χ4v) is 2.42. The molecule has 23 heavy (non-hydrogen) atoms. The van der Waals surface area contributed by atoms with Crippen LogP contribution in [0, 0.1) is 0 Å². The average Bonchev–Trinajstić information content (AvgIpc) is 2.83. The van der Waals surface area contributed by atoms with Gasteiger partial charge in [0.05, 0.1) is 13.1 Å². The van der Waals surface area contributed by atoms with Gasteiger partial charge in [0, 0.05) is 18.4 Å². The molecule has 2 amide bonds. The van der Waals surface area contributed by atoms with Gasteiger partial charge in [-0.15, -0.1) is 0 Å². The second kappa shape index (κ2) is 7.35. The Hall–Kier alpha value is -2.24. The number of hydrogen-bond donors (Lipinski definition) is 2. The molecule has 0 fully saturated rings. The smallest absolute Gasteiger partial charge is 0.239 e. The molecule has 2 N–H and O–H groups in total. The fourth-order valence-electron chi connectivity index (χ4n) is 2.42. The maximum Gasteiger partial charge on any atom is 0.239 e. The van der Waals surface area contributed by atoms with Gasteiger partial charge in [0.2, 0.25) is 11.8 Å². The minimum atomic E-state index is -0.230. The van der Waals surface area contributed by atoms with Gasteiger partial charge in [-0.25, -0.2) is 0 Å². The van der Waals surface area contributed by atoms with Gasteiger partial charge < -0.3 is 20.1 Å². The first-order valence-electron chi connectivity index (χ1n) is 7.88. The zero-order valence-corrected chi connectivity index (χ0v) is 13.9. The number of nitrogens with one attached hydrogen (secondary N) is 2. The molecule has 0 aromatic heterocycles. The number of benzene rings is 1. The van der Waals surface area contributed by atoms with E-state index in [1.54, 1.807) is 6.92 Å². The van der Waals surface area contributed by atoms with Crippen LogP contribution >= 0.6 is 0 Å². The minimum absolute atomic E-state index is 0.00922. The molecule has 0 unspecified atom stereocenters. The Labute approximate surface area is 136 Å². The number of rotatable bonds is 7. The molecule has 2 rings (SSSR count). The van der Waals surface area contributed by atoms with Crippen molar-refractivity contribution in [1.29, 1.82) is 0 Å². The summed E-state index contributed by atoms with van der Waals surface area (Å²) in [7, 11) is 0.